The number of hydrogen-bond donors (Lipinski definition) is 4. The summed E-state index contributed by atoms with van der Waals surface area (Å²) >= 11 is 3.32. The van der Waals surface area contributed by atoms with Gasteiger partial charge in [0.15, 0.2) is 0 Å². The Morgan fingerprint density at radius 2 is 1.78 bits per heavy atom. The van der Waals surface area contributed by atoms with Crippen LogP contribution < -0.4 is 21.3 Å². The van der Waals surface area contributed by atoms with Gasteiger partial charge in [0.05, 0.1) is 6.61 Å². The number of anilines is 1. The number of urea groups is 1. The van der Waals surface area contributed by atoms with E-state index in [9.17, 15) is 9.59 Å². The van der Waals surface area contributed by atoms with Crippen molar-refractivity contribution >= 4 is 33.6 Å². The molecule has 0 bridgehead atoms. The van der Waals surface area contributed by atoms with E-state index in [2.05, 4.69) is 37.2 Å². The van der Waals surface area contributed by atoms with Crippen molar-refractivity contribution in [1.29, 1.82) is 0 Å². The number of rotatable bonds is 10. The molecule has 3 amide bonds. The topological polar surface area (TPSA) is 91.5 Å². The first kappa shape index (κ1) is 19.4. The summed E-state index contributed by atoms with van der Waals surface area (Å²) in [5.41, 5.74) is 0.692. The number of carbonyl (C=O) groups excluding carboxylic acids is 2. The highest BCUT2D eigenvalue weighted by atomic mass is 79.9. The molecule has 23 heavy (non-hydrogen) atoms. The van der Waals surface area contributed by atoms with Gasteiger partial charge in [-0.15, -0.1) is 0 Å². The number of amides is 3. The molecule has 0 aliphatic carbocycles. The van der Waals surface area contributed by atoms with E-state index >= 15 is 0 Å². The fraction of sp³-hybridized carbons (Fsp3) is 0.467. The van der Waals surface area contributed by atoms with Crippen LogP contribution in [0.4, 0.5) is 10.5 Å². The van der Waals surface area contributed by atoms with E-state index in [1.54, 1.807) is 19.2 Å². The second-order valence-electron chi connectivity index (χ2n) is 4.73. The molecule has 8 heteroatoms. The average Bonchev–Trinajstić information content (AvgIpc) is 2.53. The van der Waals surface area contributed by atoms with Crippen molar-refractivity contribution in [1.82, 2.24) is 16.0 Å². The third-order valence-electron chi connectivity index (χ3n) is 2.85. The molecule has 7 nitrogen and oxygen atoms in total. The number of benzene rings is 1. The van der Waals surface area contributed by atoms with Gasteiger partial charge < -0.3 is 26.0 Å². The summed E-state index contributed by atoms with van der Waals surface area (Å²) in [7, 11) is 1.64. The Labute approximate surface area is 144 Å². The molecule has 0 aliphatic rings. The minimum absolute atomic E-state index is 0.0949. The first-order valence-electron chi connectivity index (χ1n) is 7.38. The van der Waals surface area contributed by atoms with E-state index in [-0.39, 0.29) is 24.9 Å². The molecule has 0 fully saturated rings. The Morgan fingerprint density at radius 3 is 2.48 bits per heavy atom. The minimum atomic E-state index is -0.332. The zero-order valence-electron chi connectivity index (χ0n) is 13.2. The SMILES string of the molecule is COCCNCCNC(=O)CCNC(=O)Nc1ccc(Br)cc1. The van der Waals surface area contributed by atoms with Crippen molar-refractivity contribution < 1.29 is 14.3 Å². The highest BCUT2D eigenvalue weighted by Gasteiger charge is 2.04. The van der Waals surface area contributed by atoms with Crippen LogP contribution >= 0.6 is 15.9 Å². The summed E-state index contributed by atoms with van der Waals surface area (Å²) in [5, 5.41) is 11.2. The highest BCUT2D eigenvalue weighted by Crippen LogP contribution is 2.13. The highest BCUT2D eigenvalue weighted by molar-refractivity contribution is 9.10. The fourth-order valence-corrected chi connectivity index (χ4v) is 1.94. The zero-order valence-corrected chi connectivity index (χ0v) is 14.7. The maximum atomic E-state index is 11.7. The van der Waals surface area contributed by atoms with Crippen molar-refractivity contribution in [2.75, 3.05) is 45.2 Å². The lowest BCUT2D eigenvalue weighted by molar-refractivity contribution is -0.120. The summed E-state index contributed by atoms with van der Waals surface area (Å²) in [4.78, 5) is 23.2. The molecule has 0 unspecified atom stereocenters. The van der Waals surface area contributed by atoms with Gasteiger partial charge in [0, 0.05) is 49.9 Å². The third kappa shape index (κ3) is 9.88. The Balaban J connectivity index is 2.05. The zero-order chi connectivity index (χ0) is 16.9. The van der Waals surface area contributed by atoms with Crippen molar-refractivity contribution in [2.45, 2.75) is 6.42 Å². The lowest BCUT2D eigenvalue weighted by Crippen LogP contribution is -2.36. The second kappa shape index (κ2) is 11.9. The Morgan fingerprint density at radius 1 is 1.04 bits per heavy atom. The van der Waals surface area contributed by atoms with Gasteiger partial charge in [0.1, 0.15) is 0 Å². The number of hydrogen-bond acceptors (Lipinski definition) is 4. The molecule has 128 valence electrons. The second-order valence-corrected chi connectivity index (χ2v) is 5.65. The first-order valence-corrected chi connectivity index (χ1v) is 8.18. The number of methoxy groups -OCH3 is 1. The molecular formula is C15H23BrN4O3. The molecule has 0 saturated carbocycles. The van der Waals surface area contributed by atoms with E-state index < -0.39 is 0 Å². The summed E-state index contributed by atoms with van der Waals surface area (Å²) < 4.78 is 5.84. The molecule has 0 aromatic heterocycles. The van der Waals surface area contributed by atoms with Gasteiger partial charge in [-0.3, -0.25) is 4.79 Å². The molecule has 0 radical (unpaired) electrons. The third-order valence-corrected chi connectivity index (χ3v) is 3.38. The monoisotopic (exact) mass is 386 g/mol. The molecule has 1 aromatic carbocycles. The Kier molecular flexibility index (Phi) is 10.0. The first-order chi connectivity index (χ1) is 11.1. The molecule has 0 atom stereocenters. The van der Waals surface area contributed by atoms with Crippen LogP contribution in [-0.2, 0) is 9.53 Å². The lowest BCUT2D eigenvalue weighted by atomic mass is 10.3. The maximum absolute atomic E-state index is 11.7. The van der Waals surface area contributed by atoms with E-state index in [0.29, 0.717) is 25.4 Å². The average molecular weight is 387 g/mol. The number of nitrogens with one attached hydrogen (secondary N) is 4. The van der Waals surface area contributed by atoms with Gasteiger partial charge in [-0.25, -0.2) is 4.79 Å². The summed E-state index contributed by atoms with van der Waals surface area (Å²) in [6.45, 7) is 2.92. The summed E-state index contributed by atoms with van der Waals surface area (Å²) in [5.74, 6) is -0.0949. The van der Waals surface area contributed by atoms with Crippen LogP contribution in [0.15, 0.2) is 28.7 Å². The molecule has 0 aliphatic heterocycles. The van der Waals surface area contributed by atoms with Crippen molar-refractivity contribution in [3.63, 3.8) is 0 Å². The smallest absolute Gasteiger partial charge is 0.319 e. The Bertz CT molecular complexity index is 482. The predicted octanol–water partition coefficient (Wildman–Crippen LogP) is 1.31. The molecular weight excluding hydrogens is 364 g/mol. The van der Waals surface area contributed by atoms with E-state index in [0.717, 1.165) is 11.0 Å². The normalized spacial score (nSPS) is 10.2. The maximum Gasteiger partial charge on any atom is 0.319 e. The van der Waals surface area contributed by atoms with Crippen molar-refractivity contribution in [3.05, 3.63) is 28.7 Å². The van der Waals surface area contributed by atoms with Crippen LogP contribution in [-0.4, -0.2) is 51.8 Å². The largest absolute Gasteiger partial charge is 0.383 e. The number of ether oxygens (including phenoxy) is 1. The van der Waals surface area contributed by atoms with Gasteiger partial charge in [0.2, 0.25) is 5.91 Å². The van der Waals surface area contributed by atoms with Gasteiger partial charge in [-0.1, -0.05) is 15.9 Å². The molecule has 0 saturated heterocycles. The van der Waals surface area contributed by atoms with Crippen molar-refractivity contribution in [3.8, 4) is 0 Å². The predicted molar refractivity (Wildman–Crippen MR) is 93.5 cm³/mol. The van der Waals surface area contributed by atoms with Crippen LogP contribution in [0.25, 0.3) is 0 Å². The molecule has 1 aromatic rings. The van der Waals surface area contributed by atoms with Crippen LogP contribution in [0.5, 0.6) is 0 Å². The minimum Gasteiger partial charge on any atom is -0.383 e. The lowest BCUT2D eigenvalue weighted by Gasteiger charge is -2.09. The van der Waals surface area contributed by atoms with E-state index in [4.69, 9.17) is 4.74 Å². The van der Waals surface area contributed by atoms with Crippen LogP contribution in [0.2, 0.25) is 0 Å². The van der Waals surface area contributed by atoms with Crippen molar-refractivity contribution in [2.24, 2.45) is 0 Å². The number of carbonyl (C=O) groups is 2. The van der Waals surface area contributed by atoms with Crippen LogP contribution in [0.1, 0.15) is 6.42 Å². The summed E-state index contributed by atoms with van der Waals surface area (Å²) in [6.07, 6.45) is 0.242. The van der Waals surface area contributed by atoms with E-state index in [1.165, 1.54) is 0 Å². The van der Waals surface area contributed by atoms with E-state index in [1.807, 2.05) is 12.1 Å². The molecule has 0 heterocycles. The Hall–Kier alpha value is -1.64. The summed E-state index contributed by atoms with van der Waals surface area (Å²) in [6, 6.07) is 6.91. The van der Waals surface area contributed by atoms with Crippen LogP contribution in [0.3, 0.4) is 0 Å². The van der Waals surface area contributed by atoms with Crippen LogP contribution in [0, 0.1) is 0 Å². The fourth-order valence-electron chi connectivity index (χ4n) is 1.68. The van der Waals surface area contributed by atoms with Gasteiger partial charge in [0.25, 0.3) is 0 Å². The molecule has 1 rings (SSSR count). The van der Waals surface area contributed by atoms with Gasteiger partial charge in [-0.05, 0) is 24.3 Å². The molecule has 0 spiro atoms. The van der Waals surface area contributed by atoms with Gasteiger partial charge >= 0.3 is 6.03 Å². The quantitative estimate of drug-likeness (QED) is 0.456. The standard InChI is InChI=1S/C15H23BrN4O3/c1-23-11-10-17-8-9-18-14(21)6-7-19-15(22)20-13-4-2-12(16)3-5-13/h2-5,17H,6-11H2,1H3,(H,18,21)(H2,19,20,22). The van der Waals surface area contributed by atoms with Gasteiger partial charge in [-0.2, -0.15) is 0 Å². The number of halogens is 1. The molecule has 4 N–H and O–H groups in total.